The van der Waals surface area contributed by atoms with Gasteiger partial charge in [-0.25, -0.2) is 0 Å². The molecule has 1 atom stereocenters. The van der Waals surface area contributed by atoms with Crippen LogP contribution in [-0.4, -0.2) is 49.4 Å². The molecule has 2 N–H and O–H groups in total. The Hall–Kier alpha value is -1.81. The second-order valence-electron chi connectivity index (χ2n) is 5.64. The molecule has 1 aromatic carbocycles. The zero-order valence-corrected chi connectivity index (χ0v) is 12.2. The molecule has 0 radical (unpaired) electrons. The molecule has 0 aliphatic carbocycles. The average Bonchev–Trinajstić information content (AvgIpc) is 2.83. The van der Waals surface area contributed by atoms with Gasteiger partial charge in [0.15, 0.2) is 0 Å². The monoisotopic (exact) mass is 273 g/mol. The number of anilines is 1. The zero-order chi connectivity index (χ0) is 14.5. The van der Waals surface area contributed by atoms with Gasteiger partial charge in [-0.1, -0.05) is 12.1 Å². The van der Waals surface area contributed by atoms with E-state index in [1.165, 1.54) is 6.42 Å². The number of carbonyl (C=O) groups is 1. The topological polar surface area (TPSA) is 49.6 Å². The average molecular weight is 273 g/mol. The molecule has 0 spiro atoms. The van der Waals surface area contributed by atoms with Crippen molar-refractivity contribution >= 4 is 17.7 Å². The maximum atomic E-state index is 12.1. The van der Waals surface area contributed by atoms with Gasteiger partial charge in [-0.15, -0.1) is 0 Å². The van der Waals surface area contributed by atoms with Crippen molar-refractivity contribution in [2.75, 3.05) is 39.5 Å². The number of amides is 1. The summed E-state index contributed by atoms with van der Waals surface area (Å²) < 4.78 is 0. The van der Waals surface area contributed by atoms with Crippen LogP contribution in [0.2, 0.25) is 0 Å². The number of hydrogen-bond acceptors (Lipinski definition) is 3. The molecular formula is C16H23N3O. The first kappa shape index (κ1) is 14.6. The number of carbonyl (C=O) groups excluding carboxylic acids is 1. The Kier molecular flexibility index (Phi) is 4.79. The van der Waals surface area contributed by atoms with Crippen LogP contribution in [0.4, 0.5) is 5.69 Å². The lowest BCUT2D eigenvalue weighted by molar-refractivity contribution is -0.125. The predicted octanol–water partition coefficient (Wildman–Crippen LogP) is 1.69. The van der Waals surface area contributed by atoms with Crippen LogP contribution in [0, 0.1) is 5.92 Å². The fourth-order valence-electron chi connectivity index (χ4n) is 2.55. The highest BCUT2D eigenvalue weighted by Crippen LogP contribution is 2.15. The minimum atomic E-state index is 0.0522. The molecule has 1 amide bonds. The normalized spacial score (nSPS) is 19.6. The van der Waals surface area contributed by atoms with E-state index in [-0.39, 0.29) is 5.91 Å². The first-order valence-corrected chi connectivity index (χ1v) is 7.02. The number of benzene rings is 1. The second-order valence-corrected chi connectivity index (χ2v) is 5.64. The van der Waals surface area contributed by atoms with Gasteiger partial charge >= 0.3 is 0 Å². The Morgan fingerprint density at radius 3 is 2.75 bits per heavy atom. The molecule has 108 valence electrons. The van der Waals surface area contributed by atoms with Crippen molar-refractivity contribution < 1.29 is 4.79 Å². The Labute approximate surface area is 120 Å². The molecule has 20 heavy (non-hydrogen) atoms. The van der Waals surface area contributed by atoms with Gasteiger partial charge in [0.25, 0.3) is 0 Å². The SMILES string of the molecule is CN1CCC(CN(C)C(=O)/C=C/c2ccc(N)cc2)C1. The summed E-state index contributed by atoms with van der Waals surface area (Å²) in [7, 11) is 4.00. The number of nitrogens with zero attached hydrogens (tertiary/aromatic N) is 2. The van der Waals surface area contributed by atoms with Crippen LogP contribution in [0.25, 0.3) is 6.08 Å². The van der Waals surface area contributed by atoms with E-state index in [0.29, 0.717) is 5.92 Å². The van der Waals surface area contributed by atoms with Crippen molar-refractivity contribution in [3.8, 4) is 0 Å². The van der Waals surface area contributed by atoms with E-state index in [0.717, 1.165) is 30.9 Å². The van der Waals surface area contributed by atoms with E-state index in [1.807, 2.05) is 37.4 Å². The number of nitrogens with two attached hydrogens (primary N) is 1. The van der Waals surface area contributed by atoms with Crippen LogP contribution in [0.1, 0.15) is 12.0 Å². The molecule has 1 saturated heterocycles. The Morgan fingerprint density at radius 2 is 2.15 bits per heavy atom. The van der Waals surface area contributed by atoms with Crippen molar-refractivity contribution in [3.63, 3.8) is 0 Å². The van der Waals surface area contributed by atoms with E-state index >= 15 is 0 Å². The number of rotatable bonds is 4. The van der Waals surface area contributed by atoms with Gasteiger partial charge in [0.2, 0.25) is 5.91 Å². The first-order chi connectivity index (χ1) is 9.54. The van der Waals surface area contributed by atoms with Gasteiger partial charge in [-0.2, -0.15) is 0 Å². The maximum absolute atomic E-state index is 12.1. The van der Waals surface area contributed by atoms with Crippen molar-refractivity contribution in [1.82, 2.24) is 9.80 Å². The molecule has 1 aromatic rings. The Bertz CT molecular complexity index is 481. The van der Waals surface area contributed by atoms with Crippen molar-refractivity contribution in [2.45, 2.75) is 6.42 Å². The molecule has 1 fully saturated rings. The summed E-state index contributed by atoms with van der Waals surface area (Å²) in [4.78, 5) is 16.2. The summed E-state index contributed by atoms with van der Waals surface area (Å²) in [5, 5.41) is 0. The number of nitrogen functional groups attached to an aromatic ring is 1. The molecule has 1 heterocycles. The summed E-state index contributed by atoms with van der Waals surface area (Å²) >= 11 is 0. The standard InChI is InChI=1S/C16H23N3O/c1-18-10-9-14(11-18)12-19(2)16(20)8-5-13-3-6-15(17)7-4-13/h3-8,14H,9-12,17H2,1-2H3/b8-5+. The molecule has 0 saturated carbocycles. The van der Waals surface area contributed by atoms with Gasteiger partial charge in [0.1, 0.15) is 0 Å². The van der Waals surface area contributed by atoms with Crippen LogP contribution in [0.15, 0.2) is 30.3 Å². The molecule has 1 aliphatic heterocycles. The minimum Gasteiger partial charge on any atom is -0.399 e. The molecule has 1 unspecified atom stereocenters. The summed E-state index contributed by atoms with van der Waals surface area (Å²) in [6.07, 6.45) is 4.64. The van der Waals surface area contributed by atoms with Gasteiger partial charge in [-0.05, 0) is 49.7 Å². The Morgan fingerprint density at radius 1 is 1.45 bits per heavy atom. The number of likely N-dealkylation sites (N-methyl/N-ethyl adjacent to an activating group) is 1. The lowest BCUT2D eigenvalue weighted by atomic mass is 10.1. The molecule has 2 rings (SSSR count). The fraction of sp³-hybridized carbons (Fsp3) is 0.438. The quantitative estimate of drug-likeness (QED) is 0.671. The fourth-order valence-corrected chi connectivity index (χ4v) is 2.55. The first-order valence-electron chi connectivity index (χ1n) is 7.02. The minimum absolute atomic E-state index is 0.0522. The summed E-state index contributed by atoms with van der Waals surface area (Å²) in [6, 6.07) is 7.49. The van der Waals surface area contributed by atoms with Gasteiger partial charge in [0.05, 0.1) is 0 Å². The van der Waals surface area contributed by atoms with Gasteiger partial charge in [0, 0.05) is 31.9 Å². The van der Waals surface area contributed by atoms with Crippen LogP contribution >= 0.6 is 0 Å². The highest BCUT2D eigenvalue weighted by atomic mass is 16.2. The van der Waals surface area contributed by atoms with Crippen molar-refractivity contribution in [2.24, 2.45) is 5.92 Å². The number of likely N-dealkylation sites (tertiary alicyclic amines) is 1. The third kappa shape index (κ3) is 4.10. The smallest absolute Gasteiger partial charge is 0.246 e. The summed E-state index contributed by atoms with van der Waals surface area (Å²) in [6.45, 7) is 3.04. The van der Waals surface area contributed by atoms with Gasteiger partial charge in [-0.3, -0.25) is 4.79 Å². The molecular weight excluding hydrogens is 250 g/mol. The summed E-state index contributed by atoms with van der Waals surface area (Å²) in [5.41, 5.74) is 7.35. The van der Waals surface area contributed by atoms with E-state index in [2.05, 4.69) is 11.9 Å². The highest BCUT2D eigenvalue weighted by molar-refractivity contribution is 5.91. The third-order valence-corrected chi connectivity index (χ3v) is 3.75. The van der Waals surface area contributed by atoms with E-state index in [9.17, 15) is 4.79 Å². The molecule has 1 aliphatic rings. The second kappa shape index (κ2) is 6.57. The summed E-state index contributed by atoms with van der Waals surface area (Å²) in [5.74, 6) is 0.648. The van der Waals surface area contributed by atoms with Crippen molar-refractivity contribution in [1.29, 1.82) is 0 Å². The van der Waals surface area contributed by atoms with Crippen LogP contribution in [0.5, 0.6) is 0 Å². The van der Waals surface area contributed by atoms with Crippen LogP contribution in [0.3, 0.4) is 0 Å². The molecule has 4 heteroatoms. The van der Waals surface area contributed by atoms with Gasteiger partial charge < -0.3 is 15.5 Å². The molecule has 4 nitrogen and oxygen atoms in total. The largest absolute Gasteiger partial charge is 0.399 e. The zero-order valence-electron chi connectivity index (χ0n) is 12.2. The maximum Gasteiger partial charge on any atom is 0.246 e. The van der Waals surface area contributed by atoms with Crippen molar-refractivity contribution in [3.05, 3.63) is 35.9 Å². The lowest BCUT2D eigenvalue weighted by Crippen LogP contribution is -2.31. The van der Waals surface area contributed by atoms with E-state index in [1.54, 1.807) is 11.0 Å². The molecule has 0 bridgehead atoms. The van der Waals surface area contributed by atoms with E-state index in [4.69, 9.17) is 5.73 Å². The molecule has 0 aromatic heterocycles. The van der Waals surface area contributed by atoms with Crippen LogP contribution < -0.4 is 5.73 Å². The Balaban J connectivity index is 1.85. The lowest BCUT2D eigenvalue weighted by Gasteiger charge is -2.19. The number of hydrogen-bond donors (Lipinski definition) is 1. The van der Waals surface area contributed by atoms with E-state index < -0.39 is 0 Å². The highest BCUT2D eigenvalue weighted by Gasteiger charge is 2.21. The third-order valence-electron chi connectivity index (χ3n) is 3.75. The predicted molar refractivity (Wildman–Crippen MR) is 83.1 cm³/mol. The van der Waals surface area contributed by atoms with Crippen LogP contribution in [-0.2, 0) is 4.79 Å².